The van der Waals surface area contributed by atoms with Gasteiger partial charge in [0.05, 0.1) is 5.56 Å². The van der Waals surface area contributed by atoms with Crippen LogP contribution < -0.4 is 4.74 Å². The number of halogens is 2. The molecule has 0 aliphatic carbocycles. The predicted molar refractivity (Wildman–Crippen MR) is 112 cm³/mol. The molecule has 2 rings (SSSR count). The van der Waals surface area contributed by atoms with Crippen molar-refractivity contribution in [1.29, 1.82) is 0 Å². The van der Waals surface area contributed by atoms with E-state index in [4.69, 9.17) is 4.74 Å². The first-order valence-electron chi connectivity index (χ1n) is 9.43. The van der Waals surface area contributed by atoms with Gasteiger partial charge in [0.15, 0.2) is 5.78 Å². The summed E-state index contributed by atoms with van der Waals surface area (Å²) in [5.74, 6) is 0.167. The summed E-state index contributed by atoms with van der Waals surface area (Å²) in [6.45, 7) is 6.50. The second-order valence-electron chi connectivity index (χ2n) is 6.50. The topological polar surface area (TPSA) is 49.8 Å². The van der Waals surface area contributed by atoms with Crippen LogP contribution in [-0.2, 0) is 6.42 Å². The van der Waals surface area contributed by atoms with Gasteiger partial charge in [-0.05, 0) is 49.3 Å². The molecule has 4 nitrogen and oxygen atoms in total. The highest BCUT2D eigenvalue weighted by atomic mass is 35.5. The van der Waals surface area contributed by atoms with Gasteiger partial charge in [0.25, 0.3) is 0 Å². The van der Waals surface area contributed by atoms with E-state index in [2.05, 4.69) is 4.90 Å². The van der Waals surface area contributed by atoms with Gasteiger partial charge in [-0.1, -0.05) is 38.1 Å². The number of carbonyl (C=O) groups is 1. The molecule has 154 valence electrons. The largest absolute Gasteiger partial charge is 0.490 e. The van der Waals surface area contributed by atoms with Gasteiger partial charge in [0, 0.05) is 13.0 Å². The second-order valence-corrected chi connectivity index (χ2v) is 6.50. The molecule has 2 aromatic rings. The number of aliphatic hydroxyl groups excluding tert-OH is 1. The van der Waals surface area contributed by atoms with Crippen LogP contribution in [0.5, 0.6) is 5.75 Å². The Bertz CT molecular complexity index is 720. The number of hydrogen-bond acceptors (Lipinski definition) is 4. The minimum atomic E-state index is -0.618. The summed E-state index contributed by atoms with van der Waals surface area (Å²) in [5.41, 5.74) is 1.42. The maximum atomic E-state index is 13.0. The number of benzene rings is 2. The van der Waals surface area contributed by atoms with E-state index in [0.717, 1.165) is 18.7 Å². The molecule has 0 heterocycles. The molecule has 1 atom stereocenters. The van der Waals surface area contributed by atoms with Gasteiger partial charge in [-0.2, -0.15) is 0 Å². The van der Waals surface area contributed by atoms with Gasteiger partial charge >= 0.3 is 0 Å². The maximum Gasteiger partial charge on any atom is 0.166 e. The van der Waals surface area contributed by atoms with Crippen molar-refractivity contribution in [3.63, 3.8) is 0 Å². The zero-order chi connectivity index (χ0) is 19.6. The highest BCUT2D eigenvalue weighted by Gasteiger charge is 2.15. The van der Waals surface area contributed by atoms with Gasteiger partial charge in [-0.3, -0.25) is 4.79 Å². The molecule has 0 aromatic heterocycles. The maximum absolute atomic E-state index is 13.0. The summed E-state index contributed by atoms with van der Waals surface area (Å²) in [7, 11) is 0. The average molecular weight is 410 g/mol. The Labute approximate surface area is 172 Å². The number of nitrogens with zero attached hydrogens (tertiary/aromatic N) is 1. The number of rotatable bonds is 11. The lowest BCUT2D eigenvalue weighted by Crippen LogP contribution is -2.35. The molecule has 28 heavy (non-hydrogen) atoms. The van der Waals surface area contributed by atoms with Crippen LogP contribution in [0, 0.1) is 5.82 Å². The fourth-order valence-electron chi connectivity index (χ4n) is 2.89. The van der Waals surface area contributed by atoms with Crippen molar-refractivity contribution >= 4 is 18.2 Å². The Morgan fingerprint density at radius 1 is 1.11 bits per heavy atom. The SMILES string of the molecule is CCN(CC)CC(O)COc1ccccc1C(=O)CCc1ccc(F)cc1.Cl. The zero-order valence-electron chi connectivity index (χ0n) is 16.4. The van der Waals surface area contributed by atoms with E-state index in [9.17, 15) is 14.3 Å². The normalized spacial score (nSPS) is 11.8. The van der Waals surface area contributed by atoms with Crippen LogP contribution >= 0.6 is 12.4 Å². The van der Waals surface area contributed by atoms with E-state index in [0.29, 0.717) is 30.7 Å². The number of hydrogen-bond donors (Lipinski definition) is 1. The third-order valence-electron chi connectivity index (χ3n) is 4.54. The lowest BCUT2D eigenvalue weighted by molar-refractivity contribution is 0.0707. The molecule has 0 saturated heterocycles. The molecule has 2 aromatic carbocycles. The quantitative estimate of drug-likeness (QED) is 0.566. The minimum absolute atomic E-state index is 0. The number of ketones is 1. The smallest absolute Gasteiger partial charge is 0.166 e. The molecule has 0 aliphatic heterocycles. The van der Waals surface area contributed by atoms with Gasteiger partial charge in [-0.25, -0.2) is 4.39 Å². The third kappa shape index (κ3) is 7.58. The number of Topliss-reactive ketones (excluding diaryl/α,β-unsaturated/α-hetero) is 1. The molecule has 0 fully saturated rings. The summed E-state index contributed by atoms with van der Waals surface area (Å²) in [6.07, 6.45) is 0.235. The lowest BCUT2D eigenvalue weighted by Gasteiger charge is -2.22. The highest BCUT2D eigenvalue weighted by Crippen LogP contribution is 2.21. The molecular weight excluding hydrogens is 381 g/mol. The van der Waals surface area contributed by atoms with E-state index >= 15 is 0 Å². The molecule has 0 spiro atoms. The zero-order valence-corrected chi connectivity index (χ0v) is 17.3. The van der Waals surface area contributed by atoms with Gasteiger partial charge < -0.3 is 14.7 Å². The molecule has 0 bridgehead atoms. The summed E-state index contributed by atoms with van der Waals surface area (Å²) in [6, 6.07) is 13.3. The predicted octanol–water partition coefficient (Wildman–Crippen LogP) is 4.14. The van der Waals surface area contributed by atoms with Crippen molar-refractivity contribution < 1.29 is 19.0 Å². The Morgan fingerprint density at radius 2 is 1.75 bits per heavy atom. The third-order valence-corrected chi connectivity index (χ3v) is 4.54. The van der Waals surface area contributed by atoms with E-state index in [1.807, 2.05) is 19.9 Å². The number of carbonyl (C=O) groups excluding carboxylic acids is 1. The Hall–Kier alpha value is -1.95. The van der Waals surface area contributed by atoms with Crippen LogP contribution in [-0.4, -0.2) is 48.1 Å². The van der Waals surface area contributed by atoms with Crippen molar-refractivity contribution in [2.45, 2.75) is 32.8 Å². The van der Waals surface area contributed by atoms with E-state index < -0.39 is 6.10 Å². The van der Waals surface area contributed by atoms with Crippen molar-refractivity contribution in [3.8, 4) is 5.75 Å². The van der Waals surface area contributed by atoms with E-state index in [-0.39, 0.29) is 30.6 Å². The van der Waals surface area contributed by atoms with Crippen molar-refractivity contribution in [2.75, 3.05) is 26.2 Å². The van der Waals surface area contributed by atoms with E-state index in [1.54, 1.807) is 30.3 Å². The van der Waals surface area contributed by atoms with E-state index in [1.165, 1.54) is 12.1 Å². The molecule has 0 amide bonds. The average Bonchev–Trinajstić information content (AvgIpc) is 2.70. The molecule has 6 heteroatoms. The fourth-order valence-corrected chi connectivity index (χ4v) is 2.89. The van der Waals surface area contributed by atoms with Gasteiger partial charge in [0.2, 0.25) is 0 Å². The first kappa shape index (κ1) is 24.1. The highest BCUT2D eigenvalue weighted by molar-refractivity contribution is 5.98. The van der Waals surface area contributed by atoms with Crippen LogP contribution in [0.1, 0.15) is 36.2 Å². The number of para-hydroxylation sites is 1. The van der Waals surface area contributed by atoms with Gasteiger partial charge in [0.1, 0.15) is 24.3 Å². The number of ether oxygens (including phenoxy) is 1. The summed E-state index contributed by atoms with van der Waals surface area (Å²) < 4.78 is 18.7. The Kier molecular flexibility index (Phi) is 10.8. The van der Waals surface area contributed by atoms with Crippen molar-refractivity contribution in [3.05, 3.63) is 65.5 Å². The monoisotopic (exact) mass is 409 g/mol. The fraction of sp³-hybridized carbons (Fsp3) is 0.409. The summed E-state index contributed by atoms with van der Waals surface area (Å²) in [4.78, 5) is 14.7. The van der Waals surface area contributed by atoms with Crippen LogP contribution in [0.3, 0.4) is 0 Å². The number of likely N-dealkylation sites (N-methyl/N-ethyl adjacent to an activating group) is 1. The molecule has 0 saturated carbocycles. The molecular formula is C22H29ClFNO3. The minimum Gasteiger partial charge on any atom is -0.490 e. The first-order chi connectivity index (χ1) is 13.0. The second kappa shape index (κ2) is 12.5. The van der Waals surface area contributed by atoms with Gasteiger partial charge in [-0.15, -0.1) is 12.4 Å². The summed E-state index contributed by atoms with van der Waals surface area (Å²) >= 11 is 0. The standard InChI is InChI=1S/C22H28FNO3.ClH/c1-3-24(4-2)15-19(25)16-27-22-8-6-5-7-20(22)21(26)14-11-17-9-12-18(23)13-10-17;/h5-10,12-13,19,25H,3-4,11,14-16H2,1-2H3;1H. The number of aryl methyl sites for hydroxylation is 1. The molecule has 0 aliphatic rings. The first-order valence-corrected chi connectivity index (χ1v) is 9.43. The van der Waals surface area contributed by atoms with Crippen LogP contribution in [0.4, 0.5) is 4.39 Å². The number of aliphatic hydroxyl groups is 1. The summed E-state index contributed by atoms with van der Waals surface area (Å²) in [5, 5.41) is 10.2. The van der Waals surface area contributed by atoms with Crippen LogP contribution in [0.25, 0.3) is 0 Å². The lowest BCUT2D eigenvalue weighted by atomic mass is 10.0. The molecule has 0 radical (unpaired) electrons. The molecule has 1 unspecified atom stereocenters. The Morgan fingerprint density at radius 3 is 2.39 bits per heavy atom. The van der Waals surface area contributed by atoms with Crippen LogP contribution in [0.15, 0.2) is 48.5 Å². The van der Waals surface area contributed by atoms with Crippen molar-refractivity contribution in [2.24, 2.45) is 0 Å². The Balaban J connectivity index is 0.00000392. The van der Waals surface area contributed by atoms with Crippen LogP contribution in [0.2, 0.25) is 0 Å². The van der Waals surface area contributed by atoms with Crippen molar-refractivity contribution in [1.82, 2.24) is 4.90 Å². The molecule has 1 N–H and O–H groups in total.